The van der Waals surface area contributed by atoms with E-state index in [1.165, 1.54) is 0 Å². The quantitative estimate of drug-likeness (QED) is 0.545. The van der Waals surface area contributed by atoms with Gasteiger partial charge in [0.15, 0.2) is 0 Å². The number of hydrogen-bond acceptors (Lipinski definition) is 5. The number of rotatable bonds is 8. The summed E-state index contributed by atoms with van der Waals surface area (Å²) in [5, 5.41) is 10.2. The van der Waals surface area contributed by atoms with Crippen LogP contribution in [-0.4, -0.2) is 87.6 Å². The standard InChI is InChI=1S/C29H37N3O5/c1-3-5-15-30-17-10-14-29-24(27(35)32(21(4-2)19-33)25(29)28(30)36)23-22(37-29)13-9-16-31(26(23)34)18-20-11-7-6-8-12-20/h6-14,21-25,33H,3-5,15-19H2,1-2H3/t21-,22+,23-,24-,25?,29-/m0/s1. The molecule has 1 N–H and O–H groups in total. The van der Waals surface area contributed by atoms with E-state index in [0.717, 1.165) is 18.4 Å². The van der Waals surface area contributed by atoms with Gasteiger partial charge in [0, 0.05) is 26.2 Å². The molecule has 2 fully saturated rings. The second-order valence-electron chi connectivity index (χ2n) is 10.5. The first-order chi connectivity index (χ1) is 18.0. The second-order valence-corrected chi connectivity index (χ2v) is 10.5. The summed E-state index contributed by atoms with van der Waals surface area (Å²) in [6.45, 7) is 5.60. The Morgan fingerprint density at radius 2 is 1.78 bits per heavy atom. The number of unbranched alkanes of at least 4 members (excludes halogenated alkanes) is 1. The van der Waals surface area contributed by atoms with E-state index in [4.69, 9.17) is 4.74 Å². The van der Waals surface area contributed by atoms with E-state index in [2.05, 4.69) is 6.92 Å². The van der Waals surface area contributed by atoms with E-state index in [-0.39, 0.29) is 24.3 Å². The third-order valence-electron chi connectivity index (χ3n) is 8.34. The number of carbonyl (C=O) groups is 3. The molecule has 8 heteroatoms. The number of aliphatic hydroxyl groups excluding tert-OH is 1. The van der Waals surface area contributed by atoms with Crippen LogP contribution in [0.2, 0.25) is 0 Å². The van der Waals surface area contributed by atoms with Gasteiger partial charge in [0.05, 0.1) is 30.6 Å². The van der Waals surface area contributed by atoms with E-state index in [0.29, 0.717) is 32.6 Å². The van der Waals surface area contributed by atoms with Crippen molar-refractivity contribution in [2.75, 3.05) is 26.2 Å². The van der Waals surface area contributed by atoms with Crippen molar-refractivity contribution in [3.05, 3.63) is 60.2 Å². The van der Waals surface area contributed by atoms with Crippen LogP contribution in [0.3, 0.4) is 0 Å². The fraction of sp³-hybridized carbons (Fsp3) is 0.552. The average molecular weight is 508 g/mol. The Kier molecular flexibility index (Phi) is 7.23. The highest BCUT2D eigenvalue weighted by atomic mass is 16.5. The number of aliphatic hydroxyl groups is 1. The normalized spacial score (nSPS) is 31.8. The van der Waals surface area contributed by atoms with Crippen molar-refractivity contribution in [1.29, 1.82) is 0 Å². The predicted molar refractivity (Wildman–Crippen MR) is 138 cm³/mol. The molecule has 0 aliphatic carbocycles. The van der Waals surface area contributed by atoms with Crippen LogP contribution >= 0.6 is 0 Å². The number of amides is 3. The molecule has 2 saturated heterocycles. The van der Waals surface area contributed by atoms with Crippen LogP contribution in [-0.2, 0) is 25.7 Å². The van der Waals surface area contributed by atoms with Gasteiger partial charge in [-0.05, 0) is 18.4 Å². The van der Waals surface area contributed by atoms with Gasteiger partial charge in [0.1, 0.15) is 11.6 Å². The van der Waals surface area contributed by atoms with Crippen molar-refractivity contribution < 1.29 is 24.2 Å². The summed E-state index contributed by atoms with van der Waals surface area (Å²) in [6, 6.07) is 8.35. The first-order valence-electron chi connectivity index (χ1n) is 13.5. The zero-order valence-corrected chi connectivity index (χ0v) is 21.7. The monoisotopic (exact) mass is 507 g/mol. The van der Waals surface area contributed by atoms with Gasteiger partial charge in [-0.1, -0.05) is 74.9 Å². The van der Waals surface area contributed by atoms with E-state index in [9.17, 15) is 19.5 Å². The molecule has 0 bridgehead atoms. The van der Waals surface area contributed by atoms with Crippen LogP contribution in [0.4, 0.5) is 0 Å². The Hall–Kier alpha value is -2.97. The first-order valence-corrected chi connectivity index (χ1v) is 13.5. The minimum Gasteiger partial charge on any atom is -0.394 e. The zero-order valence-electron chi connectivity index (χ0n) is 21.7. The topological polar surface area (TPSA) is 90.4 Å². The molecule has 198 valence electrons. The largest absolute Gasteiger partial charge is 0.394 e. The lowest BCUT2D eigenvalue weighted by atomic mass is 9.77. The van der Waals surface area contributed by atoms with E-state index >= 15 is 0 Å². The van der Waals surface area contributed by atoms with Crippen molar-refractivity contribution in [1.82, 2.24) is 14.7 Å². The number of ether oxygens (including phenoxy) is 1. The zero-order chi connectivity index (χ0) is 26.2. The highest BCUT2D eigenvalue weighted by Gasteiger charge is 2.72. The van der Waals surface area contributed by atoms with Crippen LogP contribution in [0.5, 0.6) is 0 Å². The molecular formula is C29H37N3O5. The molecule has 0 saturated carbocycles. The molecule has 4 aliphatic heterocycles. The number of hydrogen-bond donors (Lipinski definition) is 1. The molecule has 1 aromatic carbocycles. The van der Waals surface area contributed by atoms with Gasteiger partial charge < -0.3 is 24.5 Å². The average Bonchev–Trinajstić information content (AvgIpc) is 3.23. The van der Waals surface area contributed by atoms with Crippen LogP contribution in [0.25, 0.3) is 0 Å². The van der Waals surface area contributed by atoms with E-state index in [1.54, 1.807) is 14.7 Å². The molecule has 4 heterocycles. The fourth-order valence-corrected chi connectivity index (χ4v) is 6.48. The number of carbonyl (C=O) groups excluding carboxylic acids is 3. The summed E-state index contributed by atoms with van der Waals surface area (Å²) in [6.07, 6.45) is 9.30. The lowest BCUT2D eigenvalue weighted by molar-refractivity contribution is -0.151. The van der Waals surface area contributed by atoms with Crippen molar-refractivity contribution in [3.63, 3.8) is 0 Å². The minimum absolute atomic E-state index is 0.139. The number of fused-ring (bicyclic) bond motifs is 2. The Bertz CT molecular complexity index is 1080. The lowest BCUT2D eigenvalue weighted by Gasteiger charge is -2.38. The van der Waals surface area contributed by atoms with E-state index in [1.807, 2.05) is 61.6 Å². The molecule has 0 radical (unpaired) electrons. The van der Waals surface area contributed by atoms with Crippen LogP contribution in [0.15, 0.2) is 54.6 Å². The summed E-state index contributed by atoms with van der Waals surface area (Å²) in [4.78, 5) is 47.4. The Labute approximate surface area is 218 Å². The van der Waals surface area contributed by atoms with Crippen molar-refractivity contribution in [3.8, 4) is 0 Å². The van der Waals surface area contributed by atoms with Gasteiger partial charge in [-0.2, -0.15) is 0 Å². The van der Waals surface area contributed by atoms with E-state index < -0.39 is 35.6 Å². The molecule has 3 amide bonds. The molecule has 6 atom stereocenters. The highest BCUT2D eigenvalue weighted by molar-refractivity contribution is 6.00. The van der Waals surface area contributed by atoms with Crippen molar-refractivity contribution >= 4 is 17.7 Å². The Balaban J connectivity index is 1.55. The maximum atomic E-state index is 14.2. The number of benzene rings is 1. The molecule has 0 aromatic heterocycles. The molecule has 1 spiro atoms. The summed E-state index contributed by atoms with van der Waals surface area (Å²) in [7, 11) is 0. The maximum Gasteiger partial charge on any atom is 0.249 e. The molecule has 4 aliphatic rings. The summed E-state index contributed by atoms with van der Waals surface area (Å²) in [5.41, 5.74) is -0.237. The van der Waals surface area contributed by atoms with Crippen molar-refractivity contribution in [2.45, 2.75) is 63.4 Å². The smallest absolute Gasteiger partial charge is 0.249 e. The molecule has 37 heavy (non-hydrogen) atoms. The third-order valence-corrected chi connectivity index (χ3v) is 8.34. The maximum absolute atomic E-state index is 14.2. The highest BCUT2D eigenvalue weighted by Crippen LogP contribution is 2.54. The van der Waals surface area contributed by atoms with Crippen LogP contribution < -0.4 is 0 Å². The van der Waals surface area contributed by atoms with Gasteiger partial charge in [-0.25, -0.2) is 0 Å². The van der Waals surface area contributed by atoms with Gasteiger partial charge in [-0.15, -0.1) is 0 Å². The van der Waals surface area contributed by atoms with Crippen LogP contribution in [0.1, 0.15) is 38.7 Å². The molecular weight excluding hydrogens is 470 g/mol. The lowest BCUT2D eigenvalue weighted by Crippen LogP contribution is -2.58. The Morgan fingerprint density at radius 1 is 1.03 bits per heavy atom. The minimum atomic E-state index is -1.25. The Morgan fingerprint density at radius 3 is 2.49 bits per heavy atom. The summed E-state index contributed by atoms with van der Waals surface area (Å²) in [5.74, 6) is -2.16. The SMILES string of the molecule is CCCCN1CC=C[C@]23O[C@@H]4C=CCN(Cc5ccccc5)C(=O)[C@@H]4[C@H]2C(=O)N([C@@H](CC)CO)C3C1=O. The molecule has 5 rings (SSSR count). The van der Waals surface area contributed by atoms with Gasteiger partial charge >= 0.3 is 0 Å². The van der Waals surface area contributed by atoms with Crippen molar-refractivity contribution in [2.24, 2.45) is 11.8 Å². The number of nitrogens with zero attached hydrogens (tertiary/aromatic N) is 3. The fourth-order valence-electron chi connectivity index (χ4n) is 6.48. The van der Waals surface area contributed by atoms with Gasteiger partial charge in [0.25, 0.3) is 0 Å². The molecule has 1 aromatic rings. The predicted octanol–water partition coefficient (Wildman–Crippen LogP) is 2.14. The summed E-state index contributed by atoms with van der Waals surface area (Å²) < 4.78 is 6.66. The summed E-state index contributed by atoms with van der Waals surface area (Å²) >= 11 is 0. The first kappa shape index (κ1) is 25.7. The van der Waals surface area contributed by atoms with Gasteiger partial charge in [0.2, 0.25) is 17.7 Å². The van der Waals surface area contributed by atoms with Crippen LogP contribution in [0, 0.1) is 11.8 Å². The molecule has 1 unspecified atom stereocenters. The van der Waals surface area contributed by atoms with Gasteiger partial charge in [-0.3, -0.25) is 14.4 Å². The molecule has 8 nitrogen and oxygen atoms in total. The number of likely N-dealkylation sites (tertiary alicyclic amines) is 1. The third kappa shape index (κ3) is 4.20. The second kappa shape index (κ2) is 10.4.